The van der Waals surface area contributed by atoms with Crippen LogP contribution in [0.2, 0.25) is 5.02 Å². The Bertz CT molecular complexity index is 481. The molecule has 0 saturated carbocycles. The molecule has 0 aromatic heterocycles. The minimum absolute atomic E-state index is 0. The van der Waals surface area contributed by atoms with Gasteiger partial charge in [-0.2, -0.15) is 0 Å². The molecule has 3 N–H and O–H groups in total. The van der Waals surface area contributed by atoms with Crippen LogP contribution in [0.15, 0.2) is 24.3 Å². The van der Waals surface area contributed by atoms with E-state index in [0.717, 1.165) is 37.4 Å². The van der Waals surface area contributed by atoms with E-state index in [-0.39, 0.29) is 24.2 Å². The van der Waals surface area contributed by atoms with Crippen LogP contribution in [0, 0.1) is 5.92 Å². The predicted octanol–water partition coefficient (Wildman–Crippen LogP) is 3.00. The Morgan fingerprint density at radius 2 is 2.13 bits per heavy atom. The number of amides is 1. The molecule has 1 aromatic rings. The minimum Gasteiger partial charge on any atom is -0.355 e. The van der Waals surface area contributed by atoms with Gasteiger partial charge in [0.2, 0.25) is 5.91 Å². The number of nitrogens with zero attached hydrogens (tertiary/aromatic N) is 1. The Hall–Kier alpha value is -0.810. The molecule has 2 unspecified atom stereocenters. The molecule has 1 amide bonds. The molecule has 0 spiro atoms. The number of piperidine rings is 1. The Kier molecular flexibility index (Phi) is 8.92. The average Bonchev–Trinajstić information content (AvgIpc) is 2.55. The lowest BCUT2D eigenvalue weighted by molar-refractivity contribution is -0.127. The summed E-state index contributed by atoms with van der Waals surface area (Å²) in [6, 6.07) is 8.41. The van der Waals surface area contributed by atoms with Gasteiger partial charge in [0, 0.05) is 30.7 Å². The molecule has 6 heteroatoms. The third-order valence-electron chi connectivity index (χ3n) is 4.35. The molecule has 1 fully saturated rings. The van der Waals surface area contributed by atoms with Gasteiger partial charge in [-0.25, -0.2) is 0 Å². The first-order valence-corrected chi connectivity index (χ1v) is 8.50. The zero-order valence-electron chi connectivity index (χ0n) is 13.6. The largest absolute Gasteiger partial charge is 0.355 e. The van der Waals surface area contributed by atoms with Crippen molar-refractivity contribution in [2.45, 2.75) is 32.2 Å². The quantitative estimate of drug-likeness (QED) is 0.820. The van der Waals surface area contributed by atoms with Crippen LogP contribution < -0.4 is 11.1 Å². The van der Waals surface area contributed by atoms with E-state index in [1.807, 2.05) is 12.1 Å². The Morgan fingerprint density at radius 3 is 2.74 bits per heavy atom. The van der Waals surface area contributed by atoms with Gasteiger partial charge in [0.25, 0.3) is 0 Å². The van der Waals surface area contributed by atoms with Crippen molar-refractivity contribution in [1.29, 1.82) is 0 Å². The van der Waals surface area contributed by atoms with Crippen LogP contribution in [0.25, 0.3) is 0 Å². The molecule has 2 atom stereocenters. The van der Waals surface area contributed by atoms with Gasteiger partial charge in [0.1, 0.15) is 0 Å². The number of carbonyl (C=O) groups excluding carboxylic acids is 1. The summed E-state index contributed by atoms with van der Waals surface area (Å²) in [5.74, 6) is 0.211. The van der Waals surface area contributed by atoms with Gasteiger partial charge >= 0.3 is 0 Å². The van der Waals surface area contributed by atoms with Gasteiger partial charge in [0.05, 0.1) is 5.92 Å². The number of hydrogen-bond donors (Lipinski definition) is 2. The molecule has 0 bridgehead atoms. The van der Waals surface area contributed by atoms with Gasteiger partial charge in [-0.3, -0.25) is 9.69 Å². The van der Waals surface area contributed by atoms with Crippen molar-refractivity contribution in [3.05, 3.63) is 34.9 Å². The van der Waals surface area contributed by atoms with Gasteiger partial charge < -0.3 is 11.1 Å². The number of nitrogens with one attached hydrogen (secondary N) is 1. The highest BCUT2D eigenvalue weighted by molar-refractivity contribution is 6.30. The zero-order chi connectivity index (χ0) is 15.9. The molecule has 1 aromatic carbocycles. The lowest BCUT2D eigenvalue weighted by Gasteiger charge is -2.37. The maximum absolute atomic E-state index is 12.2. The second-order valence-electron chi connectivity index (χ2n) is 5.89. The maximum Gasteiger partial charge on any atom is 0.224 e. The molecule has 130 valence electrons. The molecule has 1 saturated heterocycles. The van der Waals surface area contributed by atoms with Crippen molar-refractivity contribution < 1.29 is 4.79 Å². The highest BCUT2D eigenvalue weighted by atomic mass is 35.5. The number of hydrogen-bond acceptors (Lipinski definition) is 3. The summed E-state index contributed by atoms with van der Waals surface area (Å²) in [5, 5.41) is 3.68. The summed E-state index contributed by atoms with van der Waals surface area (Å²) in [4.78, 5) is 14.6. The van der Waals surface area contributed by atoms with Crippen LogP contribution >= 0.6 is 24.0 Å². The number of carbonyl (C=O) groups is 1. The SMILES string of the molecule is CCC(c1ccc(Cl)cc1)N1CCCC(C(=O)NCCN)C1.Cl. The molecule has 1 aliphatic heterocycles. The van der Waals surface area contributed by atoms with Crippen LogP contribution in [0.1, 0.15) is 37.8 Å². The monoisotopic (exact) mass is 359 g/mol. The summed E-state index contributed by atoms with van der Waals surface area (Å²) in [6.45, 7) is 5.10. The van der Waals surface area contributed by atoms with Gasteiger partial charge in [-0.1, -0.05) is 30.7 Å². The first-order chi connectivity index (χ1) is 10.7. The summed E-state index contributed by atoms with van der Waals surface area (Å²) in [7, 11) is 0. The topological polar surface area (TPSA) is 58.4 Å². The summed E-state index contributed by atoms with van der Waals surface area (Å²) < 4.78 is 0. The molecule has 1 aliphatic rings. The second-order valence-corrected chi connectivity index (χ2v) is 6.33. The number of benzene rings is 1. The van der Waals surface area contributed by atoms with E-state index >= 15 is 0 Å². The van der Waals surface area contributed by atoms with Crippen LogP contribution in [-0.2, 0) is 4.79 Å². The molecule has 4 nitrogen and oxygen atoms in total. The van der Waals surface area contributed by atoms with Crippen LogP contribution in [0.4, 0.5) is 0 Å². The smallest absolute Gasteiger partial charge is 0.224 e. The standard InChI is InChI=1S/C17H26ClN3O.ClH/c1-2-16(13-5-7-15(18)8-6-13)21-11-3-4-14(12-21)17(22)20-10-9-19;/h5-8,14,16H,2-4,9-12,19H2,1H3,(H,20,22);1H. The zero-order valence-corrected chi connectivity index (χ0v) is 15.2. The summed E-state index contributed by atoms with van der Waals surface area (Å²) >= 11 is 5.98. The van der Waals surface area contributed by atoms with E-state index in [0.29, 0.717) is 19.1 Å². The molecular formula is C17H27Cl2N3O. The van der Waals surface area contributed by atoms with Crippen molar-refractivity contribution in [3.8, 4) is 0 Å². The first-order valence-electron chi connectivity index (χ1n) is 8.13. The normalized spacial score (nSPS) is 19.7. The van der Waals surface area contributed by atoms with Crippen molar-refractivity contribution in [2.24, 2.45) is 11.7 Å². The van der Waals surface area contributed by atoms with Crippen molar-refractivity contribution in [2.75, 3.05) is 26.2 Å². The first kappa shape index (κ1) is 20.2. The second kappa shape index (κ2) is 10.1. The van der Waals surface area contributed by atoms with Crippen LogP contribution in [0.3, 0.4) is 0 Å². The van der Waals surface area contributed by atoms with Crippen LogP contribution in [-0.4, -0.2) is 37.0 Å². The number of nitrogens with two attached hydrogens (primary N) is 1. The summed E-state index contributed by atoms with van der Waals surface area (Å²) in [5.41, 5.74) is 6.73. The van der Waals surface area contributed by atoms with E-state index in [1.165, 1.54) is 5.56 Å². The fraction of sp³-hybridized carbons (Fsp3) is 0.588. The van der Waals surface area contributed by atoms with E-state index in [1.54, 1.807) is 0 Å². The minimum atomic E-state index is 0. The molecule has 23 heavy (non-hydrogen) atoms. The number of rotatable bonds is 6. The Labute approximate surface area is 150 Å². The van der Waals surface area contributed by atoms with E-state index in [4.69, 9.17) is 17.3 Å². The van der Waals surface area contributed by atoms with Gasteiger partial charge in [-0.15, -0.1) is 12.4 Å². The van der Waals surface area contributed by atoms with Crippen LogP contribution in [0.5, 0.6) is 0 Å². The van der Waals surface area contributed by atoms with Gasteiger partial charge in [-0.05, 0) is 43.5 Å². The fourth-order valence-corrected chi connectivity index (χ4v) is 3.36. The molecule has 0 aliphatic carbocycles. The molecule has 0 radical (unpaired) electrons. The lowest BCUT2D eigenvalue weighted by atomic mass is 9.93. The third kappa shape index (κ3) is 5.64. The summed E-state index contributed by atoms with van der Waals surface area (Å²) in [6.07, 6.45) is 3.05. The number of likely N-dealkylation sites (tertiary alicyclic amines) is 1. The van der Waals surface area contributed by atoms with E-state index < -0.39 is 0 Å². The van der Waals surface area contributed by atoms with E-state index in [9.17, 15) is 4.79 Å². The average molecular weight is 360 g/mol. The van der Waals surface area contributed by atoms with Crippen molar-refractivity contribution >= 4 is 29.9 Å². The maximum atomic E-state index is 12.2. The molecule has 1 heterocycles. The Balaban J connectivity index is 0.00000264. The Morgan fingerprint density at radius 1 is 1.43 bits per heavy atom. The highest BCUT2D eigenvalue weighted by Crippen LogP contribution is 2.30. The van der Waals surface area contributed by atoms with Crippen molar-refractivity contribution in [1.82, 2.24) is 10.2 Å². The predicted molar refractivity (Wildman–Crippen MR) is 98.1 cm³/mol. The third-order valence-corrected chi connectivity index (χ3v) is 4.60. The van der Waals surface area contributed by atoms with Crippen molar-refractivity contribution in [3.63, 3.8) is 0 Å². The lowest BCUT2D eigenvalue weighted by Crippen LogP contribution is -2.45. The fourth-order valence-electron chi connectivity index (χ4n) is 3.23. The molecule has 2 rings (SSSR count). The molecular weight excluding hydrogens is 333 g/mol. The number of halogens is 2. The van der Waals surface area contributed by atoms with E-state index in [2.05, 4.69) is 29.3 Å². The highest BCUT2D eigenvalue weighted by Gasteiger charge is 2.29. The van der Waals surface area contributed by atoms with Gasteiger partial charge in [0.15, 0.2) is 0 Å².